The first-order valence-corrected chi connectivity index (χ1v) is 6.21. The maximum absolute atomic E-state index is 4.41. The number of nitrogens with zero attached hydrogens (tertiary/aromatic N) is 5. The van der Waals surface area contributed by atoms with Crippen molar-refractivity contribution in [1.29, 1.82) is 0 Å². The minimum atomic E-state index is 0.573. The Labute approximate surface area is 110 Å². The van der Waals surface area contributed by atoms with Crippen molar-refractivity contribution in [3.8, 4) is 0 Å². The van der Waals surface area contributed by atoms with Crippen molar-refractivity contribution in [2.45, 2.75) is 13.0 Å². The van der Waals surface area contributed by atoms with Gasteiger partial charge < -0.3 is 9.88 Å². The molecule has 0 saturated carbocycles. The van der Waals surface area contributed by atoms with Crippen molar-refractivity contribution in [1.82, 2.24) is 24.7 Å². The molecule has 0 bridgehead atoms. The van der Waals surface area contributed by atoms with E-state index in [0.717, 1.165) is 30.5 Å². The van der Waals surface area contributed by atoms with Gasteiger partial charge in [-0.1, -0.05) is 12.1 Å². The maximum atomic E-state index is 4.41. The fourth-order valence-electron chi connectivity index (χ4n) is 1.84. The minimum absolute atomic E-state index is 0.573. The van der Waals surface area contributed by atoms with Gasteiger partial charge in [0.25, 0.3) is 0 Å². The number of anilines is 1. The van der Waals surface area contributed by atoms with Crippen LogP contribution in [0.4, 0.5) is 5.95 Å². The summed E-state index contributed by atoms with van der Waals surface area (Å²) in [6, 6.07) is 7.70. The molecule has 1 N–H and O–H groups in total. The van der Waals surface area contributed by atoms with Crippen LogP contribution >= 0.6 is 0 Å². The lowest BCUT2D eigenvalue weighted by Crippen LogP contribution is -2.09. The Morgan fingerprint density at radius 3 is 2.84 bits per heavy atom. The molecule has 0 unspecified atom stereocenters. The summed E-state index contributed by atoms with van der Waals surface area (Å²) in [5, 5.41) is 11.4. The van der Waals surface area contributed by atoms with Gasteiger partial charge in [0.05, 0.1) is 11.8 Å². The van der Waals surface area contributed by atoms with E-state index in [9.17, 15) is 0 Å². The van der Waals surface area contributed by atoms with Crippen LogP contribution in [0.15, 0.2) is 43.0 Å². The number of benzene rings is 1. The second kappa shape index (κ2) is 5.43. The molecule has 0 radical (unpaired) electrons. The third-order valence-electron chi connectivity index (χ3n) is 2.80. The largest absolute Gasteiger partial charge is 0.353 e. The topological polar surface area (TPSA) is 68.5 Å². The average molecular weight is 254 g/mol. The minimum Gasteiger partial charge on any atom is -0.353 e. The third kappa shape index (κ3) is 2.85. The van der Waals surface area contributed by atoms with Gasteiger partial charge in [-0.25, -0.2) is 9.97 Å². The molecule has 0 atom stereocenters. The van der Waals surface area contributed by atoms with E-state index in [0.29, 0.717) is 5.95 Å². The van der Waals surface area contributed by atoms with E-state index in [-0.39, 0.29) is 0 Å². The molecule has 3 aromatic rings. The van der Waals surface area contributed by atoms with E-state index >= 15 is 0 Å². The van der Waals surface area contributed by atoms with Crippen LogP contribution in [-0.4, -0.2) is 31.3 Å². The molecule has 2 aromatic heterocycles. The zero-order valence-electron chi connectivity index (χ0n) is 10.4. The van der Waals surface area contributed by atoms with Crippen LogP contribution in [0.2, 0.25) is 0 Å². The Balaban J connectivity index is 1.56. The second-order valence-electron chi connectivity index (χ2n) is 4.20. The number of fused-ring (bicyclic) bond motifs is 1. The smallest absolute Gasteiger partial charge is 0.243 e. The predicted octanol–water partition coefficient (Wildman–Crippen LogP) is 1.72. The van der Waals surface area contributed by atoms with Crippen LogP contribution in [0.25, 0.3) is 11.0 Å². The molecule has 19 heavy (non-hydrogen) atoms. The summed E-state index contributed by atoms with van der Waals surface area (Å²) >= 11 is 0. The molecule has 0 spiro atoms. The molecule has 0 fully saturated rings. The van der Waals surface area contributed by atoms with Gasteiger partial charge in [-0.2, -0.15) is 0 Å². The zero-order chi connectivity index (χ0) is 12.9. The van der Waals surface area contributed by atoms with Crippen molar-refractivity contribution in [2.75, 3.05) is 11.9 Å². The lowest BCUT2D eigenvalue weighted by Gasteiger charge is -2.05. The number of rotatable bonds is 5. The lowest BCUT2D eigenvalue weighted by atomic mass is 10.3. The van der Waals surface area contributed by atoms with Gasteiger partial charge in [0.2, 0.25) is 5.95 Å². The summed E-state index contributed by atoms with van der Waals surface area (Å²) in [6.07, 6.45) is 6.53. The molecule has 0 amide bonds. The van der Waals surface area contributed by atoms with Gasteiger partial charge in [-0.3, -0.25) is 0 Å². The molecule has 96 valence electrons. The molecule has 0 aliphatic heterocycles. The number of nitrogens with one attached hydrogen (secondary N) is 1. The highest BCUT2D eigenvalue weighted by Crippen LogP contribution is 2.08. The van der Waals surface area contributed by atoms with Gasteiger partial charge in [0.1, 0.15) is 5.52 Å². The summed E-state index contributed by atoms with van der Waals surface area (Å²) in [5.41, 5.74) is 1.67. The molecule has 0 saturated heterocycles. The number of hydrogen-bond acceptors (Lipinski definition) is 5. The van der Waals surface area contributed by atoms with Gasteiger partial charge in [-0.15, -0.1) is 10.2 Å². The summed E-state index contributed by atoms with van der Waals surface area (Å²) in [6.45, 7) is 1.73. The molecule has 2 heterocycles. The maximum Gasteiger partial charge on any atom is 0.243 e. The van der Waals surface area contributed by atoms with E-state index in [1.807, 2.05) is 41.4 Å². The molecule has 6 heteroatoms. The first kappa shape index (κ1) is 11.6. The second-order valence-corrected chi connectivity index (χ2v) is 4.20. The highest BCUT2D eigenvalue weighted by Gasteiger charge is 1.99. The van der Waals surface area contributed by atoms with Crippen molar-refractivity contribution < 1.29 is 0 Å². The van der Waals surface area contributed by atoms with E-state index in [1.165, 1.54) is 0 Å². The van der Waals surface area contributed by atoms with Crippen LogP contribution in [0.1, 0.15) is 6.42 Å². The van der Waals surface area contributed by atoms with E-state index in [1.54, 1.807) is 6.20 Å². The van der Waals surface area contributed by atoms with Crippen molar-refractivity contribution in [3.05, 3.63) is 43.0 Å². The van der Waals surface area contributed by atoms with Crippen LogP contribution < -0.4 is 5.32 Å². The highest BCUT2D eigenvalue weighted by atomic mass is 15.2. The Morgan fingerprint density at radius 1 is 1.11 bits per heavy atom. The summed E-state index contributed by atoms with van der Waals surface area (Å²) in [7, 11) is 0. The zero-order valence-corrected chi connectivity index (χ0v) is 10.4. The number of para-hydroxylation sites is 1. The van der Waals surface area contributed by atoms with Crippen LogP contribution in [0, 0.1) is 0 Å². The van der Waals surface area contributed by atoms with Gasteiger partial charge in [0.15, 0.2) is 0 Å². The molecular formula is C13H14N6. The van der Waals surface area contributed by atoms with Gasteiger partial charge >= 0.3 is 0 Å². The fraction of sp³-hybridized carbons (Fsp3) is 0.231. The van der Waals surface area contributed by atoms with Gasteiger partial charge in [0, 0.05) is 25.5 Å². The molecule has 6 nitrogen and oxygen atoms in total. The quantitative estimate of drug-likeness (QED) is 0.702. The molecule has 3 rings (SSSR count). The first-order chi connectivity index (χ1) is 9.42. The molecular weight excluding hydrogens is 240 g/mol. The van der Waals surface area contributed by atoms with Crippen molar-refractivity contribution >= 4 is 17.0 Å². The lowest BCUT2D eigenvalue weighted by molar-refractivity contribution is 0.659. The highest BCUT2D eigenvalue weighted by molar-refractivity contribution is 5.73. The Morgan fingerprint density at radius 2 is 2.00 bits per heavy atom. The van der Waals surface area contributed by atoms with Crippen LogP contribution in [0.3, 0.4) is 0 Å². The number of aryl methyl sites for hydroxylation is 1. The molecule has 0 aliphatic rings. The van der Waals surface area contributed by atoms with Gasteiger partial charge in [-0.05, 0) is 18.6 Å². The van der Waals surface area contributed by atoms with E-state index in [4.69, 9.17) is 0 Å². The fourth-order valence-corrected chi connectivity index (χ4v) is 1.84. The number of imidazole rings is 1. The normalized spacial score (nSPS) is 10.7. The number of hydrogen-bond donors (Lipinski definition) is 1. The summed E-state index contributed by atoms with van der Waals surface area (Å²) in [5.74, 6) is 0.573. The predicted molar refractivity (Wildman–Crippen MR) is 72.7 cm³/mol. The van der Waals surface area contributed by atoms with E-state index < -0.39 is 0 Å². The molecule has 0 aliphatic carbocycles. The Hall–Kier alpha value is -2.50. The standard InChI is InChI=1S/C13H14N6/c1-2-5-12-11(4-1)16-13(18-17-12)15-6-3-8-19-9-7-14-10-19/h1-2,4-5,7,9-10H,3,6,8H2,(H,15,16,18). The van der Waals surface area contributed by atoms with E-state index in [2.05, 4.69) is 25.5 Å². The molecule has 1 aromatic carbocycles. The monoisotopic (exact) mass is 254 g/mol. The van der Waals surface area contributed by atoms with Crippen molar-refractivity contribution in [3.63, 3.8) is 0 Å². The summed E-state index contributed by atoms with van der Waals surface area (Å²) in [4.78, 5) is 8.41. The third-order valence-corrected chi connectivity index (χ3v) is 2.80. The average Bonchev–Trinajstić information content (AvgIpc) is 2.97. The SMILES string of the molecule is c1ccc2nc(NCCCn3ccnc3)nnc2c1. The number of aromatic nitrogens is 5. The van der Waals surface area contributed by atoms with Crippen LogP contribution in [-0.2, 0) is 6.54 Å². The first-order valence-electron chi connectivity index (χ1n) is 6.21. The van der Waals surface area contributed by atoms with Crippen LogP contribution in [0.5, 0.6) is 0 Å². The Bertz CT molecular complexity index is 649. The van der Waals surface area contributed by atoms with Crippen molar-refractivity contribution in [2.24, 2.45) is 0 Å². The summed E-state index contributed by atoms with van der Waals surface area (Å²) < 4.78 is 2.04. The Kier molecular flexibility index (Phi) is 3.31.